The molecule has 0 aromatic heterocycles. The van der Waals surface area contributed by atoms with E-state index < -0.39 is 0 Å². The first kappa shape index (κ1) is 13.5. The number of amides is 1. The highest BCUT2D eigenvalue weighted by Crippen LogP contribution is 2.21. The molecule has 1 aliphatic carbocycles. The van der Waals surface area contributed by atoms with E-state index in [4.69, 9.17) is 0 Å². The van der Waals surface area contributed by atoms with Crippen molar-refractivity contribution in [1.82, 2.24) is 5.32 Å². The monoisotopic (exact) mass is 272 g/mol. The van der Waals surface area contributed by atoms with E-state index in [1.807, 2.05) is 0 Å². The van der Waals surface area contributed by atoms with E-state index in [9.17, 15) is 4.79 Å². The van der Waals surface area contributed by atoms with Gasteiger partial charge in [-0.05, 0) is 43.4 Å². The van der Waals surface area contributed by atoms with Gasteiger partial charge in [0.05, 0.1) is 6.42 Å². The van der Waals surface area contributed by atoms with E-state index in [1.54, 1.807) is 0 Å². The van der Waals surface area contributed by atoms with Gasteiger partial charge < -0.3 is 10.2 Å². The second-order valence-corrected chi connectivity index (χ2v) is 6.09. The zero-order valence-electron chi connectivity index (χ0n) is 12.1. The lowest BCUT2D eigenvalue weighted by molar-refractivity contribution is -0.121. The smallest absolute Gasteiger partial charge is 0.224 e. The fourth-order valence-corrected chi connectivity index (χ4v) is 3.33. The van der Waals surface area contributed by atoms with E-state index in [0.717, 1.165) is 18.4 Å². The number of carbonyl (C=O) groups excluding carboxylic acids is 1. The Morgan fingerprint density at radius 1 is 1.05 bits per heavy atom. The summed E-state index contributed by atoms with van der Waals surface area (Å²) < 4.78 is 0. The van der Waals surface area contributed by atoms with Gasteiger partial charge >= 0.3 is 0 Å². The molecule has 3 heteroatoms. The first-order valence-corrected chi connectivity index (χ1v) is 7.94. The zero-order chi connectivity index (χ0) is 13.8. The van der Waals surface area contributed by atoms with Crippen molar-refractivity contribution in [3.8, 4) is 0 Å². The number of rotatable bonds is 4. The van der Waals surface area contributed by atoms with Crippen molar-refractivity contribution in [3.63, 3.8) is 0 Å². The average molecular weight is 272 g/mol. The maximum absolute atomic E-state index is 12.0. The van der Waals surface area contributed by atoms with Gasteiger partial charge in [0, 0.05) is 24.8 Å². The molecule has 108 valence electrons. The summed E-state index contributed by atoms with van der Waals surface area (Å²) in [6.45, 7) is 2.34. The molecule has 0 unspecified atom stereocenters. The minimum absolute atomic E-state index is 0.172. The standard InChI is InChI=1S/C17H24N2O/c20-17(18-15-5-1-2-6-15)13-14-7-9-16(10-8-14)19-11-3-4-12-19/h7-10,15H,1-6,11-13H2,(H,18,20). The van der Waals surface area contributed by atoms with Gasteiger partial charge in [-0.2, -0.15) is 0 Å². The molecule has 0 atom stereocenters. The third-order valence-electron chi connectivity index (χ3n) is 4.49. The number of carbonyl (C=O) groups is 1. The van der Waals surface area contributed by atoms with Crippen molar-refractivity contribution >= 4 is 11.6 Å². The van der Waals surface area contributed by atoms with Crippen molar-refractivity contribution < 1.29 is 4.79 Å². The molecule has 0 spiro atoms. The maximum atomic E-state index is 12.0. The topological polar surface area (TPSA) is 32.3 Å². The van der Waals surface area contributed by atoms with Crippen LogP contribution < -0.4 is 10.2 Å². The molecule has 1 aromatic carbocycles. The van der Waals surface area contributed by atoms with Crippen LogP contribution in [0.4, 0.5) is 5.69 Å². The van der Waals surface area contributed by atoms with Gasteiger partial charge in [-0.25, -0.2) is 0 Å². The highest BCUT2D eigenvalue weighted by atomic mass is 16.1. The predicted molar refractivity (Wildman–Crippen MR) is 82.0 cm³/mol. The minimum Gasteiger partial charge on any atom is -0.372 e. The van der Waals surface area contributed by atoms with Crippen LogP contribution in [0.2, 0.25) is 0 Å². The Morgan fingerprint density at radius 2 is 1.70 bits per heavy atom. The fourth-order valence-electron chi connectivity index (χ4n) is 3.33. The molecular formula is C17H24N2O. The molecule has 3 rings (SSSR count). The van der Waals surface area contributed by atoms with Crippen molar-refractivity contribution in [2.24, 2.45) is 0 Å². The molecule has 1 aliphatic heterocycles. The van der Waals surface area contributed by atoms with Gasteiger partial charge in [0.15, 0.2) is 0 Å². The van der Waals surface area contributed by atoms with Crippen LogP contribution in [-0.4, -0.2) is 25.0 Å². The molecule has 0 bridgehead atoms. The Labute approximate surface area is 121 Å². The molecule has 3 nitrogen and oxygen atoms in total. The van der Waals surface area contributed by atoms with Crippen LogP contribution in [0.25, 0.3) is 0 Å². The van der Waals surface area contributed by atoms with Gasteiger partial charge in [-0.3, -0.25) is 4.79 Å². The highest BCUT2D eigenvalue weighted by Gasteiger charge is 2.17. The number of nitrogens with zero attached hydrogens (tertiary/aromatic N) is 1. The second kappa shape index (κ2) is 6.29. The zero-order valence-corrected chi connectivity index (χ0v) is 12.1. The molecule has 1 saturated carbocycles. The lowest BCUT2D eigenvalue weighted by Gasteiger charge is -2.18. The van der Waals surface area contributed by atoms with Crippen LogP contribution >= 0.6 is 0 Å². The molecule has 1 heterocycles. The molecule has 2 fully saturated rings. The molecule has 20 heavy (non-hydrogen) atoms. The average Bonchev–Trinajstić information content (AvgIpc) is 3.12. The van der Waals surface area contributed by atoms with E-state index >= 15 is 0 Å². The minimum atomic E-state index is 0.172. The van der Waals surface area contributed by atoms with E-state index in [0.29, 0.717) is 12.5 Å². The molecular weight excluding hydrogens is 248 g/mol. The predicted octanol–water partition coefficient (Wildman–Crippen LogP) is 2.89. The number of hydrogen-bond donors (Lipinski definition) is 1. The van der Waals surface area contributed by atoms with Crippen molar-refractivity contribution in [2.45, 2.75) is 51.0 Å². The van der Waals surface area contributed by atoms with Crippen LogP contribution in [0.15, 0.2) is 24.3 Å². The quantitative estimate of drug-likeness (QED) is 0.914. The fraction of sp³-hybridized carbons (Fsp3) is 0.588. The summed E-state index contributed by atoms with van der Waals surface area (Å²) in [5.41, 5.74) is 2.41. The molecule has 2 aliphatic rings. The number of nitrogens with one attached hydrogen (secondary N) is 1. The molecule has 1 aromatic rings. The van der Waals surface area contributed by atoms with E-state index in [2.05, 4.69) is 34.5 Å². The van der Waals surface area contributed by atoms with Gasteiger partial charge in [0.1, 0.15) is 0 Å². The van der Waals surface area contributed by atoms with Gasteiger partial charge in [-0.15, -0.1) is 0 Å². The first-order chi connectivity index (χ1) is 9.81. The summed E-state index contributed by atoms with van der Waals surface area (Å²) in [6.07, 6.45) is 7.93. The van der Waals surface area contributed by atoms with Gasteiger partial charge in [0.2, 0.25) is 5.91 Å². The van der Waals surface area contributed by atoms with Crippen LogP contribution in [0.5, 0.6) is 0 Å². The SMILES string of the molecule is O=C(Cc1ccc(N2CCCC2)cc1)NC1CCCC1. The lowest BCUT2D eigenvalue weighted by atomic mass is 10.1. The number of hydrogen-bond acceptors (Lipinski definition) is 2. The Kier molecular flexibility index (Phi) is 4.24. The Morgan fingerprint density at radius 3 is 2.35 bits per heavy atom. The maximum Gasteiger partial charge on any atom is 0.224 e. The van der Waals surface area contributed by atoms with Crippen LogP contribution in [0.3, 0.4) is 0 Å². The number of anilines is 1. The summed E-state index contributed by atoms with van der Waals surface area (Å²) in [5, 5.41) is 3.15. The first-order valence-electron chi connectivity index (χ1n) is 7.94. The summed E-state index contributed by atoms with van der Waals surface area (Å²) in [4.78, 5) is 14.4. The molecule has 1 amide bonds. The summed E-state index contributed by atoms with van der Waals surface area (Å²) in [6, 6.07) is 8.93. The van der Waals surface area contributed by atoms with Gasteiger partial charge in [-0.1, -0.05) is 25.0 Å². The number of benzene rings is 1. The lowest BCUT2D eigenvalue weighted by Crippen LogP contribution is -2.33. The Bertz CT molecular complexity index is 443. The van der Waals surface area contributed by atoms with Crippen LogP contribution in [0, 0.1) is 0 Å². The molecule has 0 radical (unpaired) electrons. The Balaban J connectivity index is 1.53. The molecule has 1 N–H and O–H groups in total. The summed E-state index contributed by atoms with van der Waals surface area (Å²) in [5.74, 6) is 0.172. The molecule has 1 saturated heterocycles. The van der Waals surface area contributed by atoms with Crippen molar-refractivity contribution in [3.05, 3.63) is 29.8 Å². The third kappa shape index (κ3) is 3.33. The normalized spacial score (nSPS) is 19.5. The largest absolute Gasteiger partial charge is 0.372 e. The Hall–Kier alpha value is -1.51. The van der Waals surface area contributed by atoms with Crippen LogP contribution in [-0.2, 0) is 11.2 Å². The van der Waals surface area contributed by atoms with Gasteiger partial charge in [0.25, 0.3) is 0 Å². The van der Waals surface area contributed by atoms with E-state index in [1.165, 1.54) is 44.5 Å². The van der Waals surface area contributed by atoms with E-state index in [-0.39, 0.29) is 5.91 Å². The van der Waals surface area contributed by atoms with Crippen molar-refractivity contribution in [1.29, 1.82) is 0 Å². The second-order valence-electron chi connectivity index (χ2n) is 6.09. The van der Waals surface area contributed by atoms with Crippen LogP contribution in [0.1, 0.15) is 44.1 Å². The third-order valence-corrected chi connectivity index (χ3v) is 4.49. The summed E-state index contributed by atoms with van der Waals surface area (Å²) >= 11 is 0. The highest BCUT2D eigenvalue weighted by molar-refractivity contribution is 5.79. The van der Waals surface area contributed by atoms with Crippen molar-refractivity contribution in [2.75, 3.05) is 18.0 Å². The summed E-state index contributed by atoms with van der Waals surface area (Å²) in [7, 11) is 0.